The largest absolute Gasteiger partial charge is 0.478 e. The summed E-state index contributed by atoms with van der Waals surface area (Å²) in [7, 11) is 1.49. The second-order valence-corrected chi connectivity index (χ2v) is 6.82. The first-order valence-corrected chi connectivity index (χ1v) is 9.07. The number of nitrogens with one attached hydrogen (secondary N) is 1. The van der Waals surface area contributed by atoms with Crippen molar-refractivity contribution in [1.29, 1.82) is 0 Å². The predicted octanol–water partition coefficient (Wildman–Crippen LogP) is 2.92. The fourth-order valence-corrected chi connectivity index (χ4v) is 3.23. The standard InChI is InChI=1S/C18H19BrN4O3/c1-26-18-16(20-10-15(19)21-18)22-17(25)13-6-8-23(9-7-13)14-4-2-12(11-24)3-5-14/h2-5,10-11,13H,6-9H2,1H3,(H,20,22,25). The summed E-state index contributed by atoms with van der Waals surface area (Å²) in [6.07, 6.45) is 3.84. The molecule has 1 amide bonds. The summed E-state index contributed by atoms with van der Waals surface area (Å²) >= 11 is 3.23. The maximum Gasteiger partial charge on any atom is 0.258 e. The van der Waals surface area contributed by atoms with Crippen LogP contribution in [0.5, 0.6) is 5.88 Å². The van der Waals surface area contributed by atoms with E-state index in [1.54, 1.807) is 12.1 Å². The average Bonchev–Trinajstić information content (AvgIpc) is 2.69. The molecule has 0 saturated carbocycles. The summed E-state index contributed by atoms with van der Waals surface area (Å²) in [4.78, 5) is 33.8. The van der Waals surface area contributed by atoms with Gasteiger partial charge >= 0.3 is 0 Å². The number of halogens is 1. The quantitative estimate of drug-likeness (QED) is 0.751. The number of piperidine rings is 1. The first kappa shape index (κ1) is 18.3. The molecule has 2 aromatic rings. The number of amides is 1. The smallest absolute Gasteiger partial charge is 0.258 e. The Labute approximate surface area is 159 Å². The van der Waals surface area contributed by atoms with Crippen molar-refractivity contribution < 1.29 is 14.3 Å². The van der Waals surface area contributed by atoms with E-state index < -0.39 is 0 Å². The van der Waals surface area contributed by atoms with Gasteiger partial charge in [0.1, 0.15) is 10.9 Å². The predicted molar refractivity (Wildman–Crippen MR) is 102 cm³/mol. The van der Waals surface area contributed by atoms with Crippen LogP contribution in [0.25, 0.3) is 0 Å². The van der Waals surface area contributed by atoms with E-state index in [1.165, 1.54) is 13.3 Å². The maximum absolute atomic E-state index is 12.5. The van der Waals surface area contributed by atoms with Gasteiger partial charge in [-0.3, -0.25) is 9.59 Å². The lowest BCUT2D eigenvalue weighted by Gasteiger charge is -2.33. The summed E-state index contributed by atoms with van der Waals surface area (Å²) in [5, 5.41) is 2.81. The minimum Gasteiger partial charge on any atom is -0.478 e. The Morgan fingerprint density at radius 1 is 1.31 bits per heavy atom. The highest BCUT2D eigenvalue weighted by atomic mass is 79.9. The van der Waals surface area contributed by atoms with Crippen molar-refractivity contribution >= 4 is 39.6 Å². The second kappa shape index (κ2) is 8.27. The molecular weight excluding hydrogens is 400 g/mol. The van der Waals surface area contributed by atoms with Crippen LogP contribution in [-0.4, -0.2) is 42.4 Å². The number of methoxy groups -OCH3 is 1. The van der Waals surface area contributed by atoms with Crippen LogP contribution < -0.4 is 15.0 Å². The highest BCUT2D eigenvalue weighted by Crippen LogP contribution is 2.26. The highest BCUT2D eigenvalue weighted by Gasteiger charge is 2.26. The van der Waals surface area contributed by atoms with Gasteiger partial charge in [0.25, 0.3) is 5.88 Å². The number of aldehydes is 1. The zero-order valence-corrected chi connectivity index (χ0v) is 15.9. The lowest BCUT2D eigenvalue weighted by molar-refractivity contribution is -0.120. The second-order valence-electron chi connectivity index (χ2n) is 6.01. The molecule has 1 fully saturated rings. The molecule has 1 saturated heterocycles. The topological polar surface area (TPSA) is 84.4 Å². The molecule has 0 atom stereocenters. The number of ether oxygens (including phenoxy) is 1. The third kappa shape index (κ3) is 4.19. The van der Waals surface area contributed by atoms with Gasteiger partial charge < -0.3 is 15.0 Å². The number of hydrogen-bond donors (Lipinski definition) is 1. The fourth-order valence-electron chi connectivity index (χ4n) is 2.96. The number of nitrogens with zero attached hydrogens (tertiary/aromatic N) is 3. The minimum absolute atomic E-state index is 0.0733. The Bertz CT molecular complexity index is 790. The molecule has 1 aliphatic rings. The van der Waals surface area contributed by atoms with Crippen molar-refractivity contribution in [2.45, 2.75) is 12.8 Å². The van der Waals surface area contributed by atoms with Crippen LogP contribution in [0.3, 0.4) is 0 Å². The van der Waals surface area contributed by atoms with Gasteiger partial charge in [0.15, 0.2) is 5.82 Å². The Kier molecular flexibility index (Phi) is 5.82. The van der Waals surface area contributed by atoms with E-state index in [1.807, 2.05) is 12.1 Å². The molecule has 7 nitrogen and oxygen atoms in total. The number of anilines is 2. The average molecular weight is 419 g/mol. The lowest BCUT2D eigenvalue weighted by Crippen LogP contribution is -2.38. The first-order chi connectivity index (χ1) is 12.6. The molecule has 1 aromatic heterocycles. The van der Waals surface area contributed by atoms with E-state index >= 15 is 0 Å². The molecule has 0 bridgehead atoms. The van der Waals surface area contributed by atoms with E-state index in [4.69, 9.17) is 4.74 Å². The third-order valence-corrected chi connectivity index (χ3v) is 4.79. The first-order valence-electron chi connectivity index (χ1n) is 8.28. The van der Waals surface area contributed by atoms with Crippen molar-refractivity contribution in [3.8, 4) is 5.88 Å². The van der Waals surface area contributed by atoms with Crippen molar-refractivity contribution in [1.82, 2.24) is 9.97 Å². The van der Waals surface area contributed by atoms with E-state index in [-0.39, 0.29) is 17.7 Å². The minimum atomic E-state index is -0.0874. The summed E-state index contributed by atoms with van der Waals surface area (Å²) in [6, 6.07) is 7.48. The number of aromatic nitrogens is 2. The number of hydrogen-bond acceptors (Lipinski definition) is 6. The van der Waals surface area contributed by atoms with Crippen molar-refractivity contribution in [2.75, 3.05) is 30.4 Å². The van der Waals surface area contributed by atoms with Gasteiger partial charge in [0.2, 0.25) is 5.91 Å². The van der Waals surface area contributed by atoms with Gasteiger partial charge in [-0.2, -0.15) is 0 Å². The number of carbonyl (C=O) groups excluding carboxylic acids is 2. The van der Waals surface area contributed by atoms with Gasteiger partial charge in [-0.05, 0) is 53.0 Å². The molecule has 26 heavy (non-hydrogen) atoms. The molecule has 0 spiro atoms. The highest BCUT2D eigenvalue weighted by molar-refractivity contribution is 9.10. The Morgan fingerprint density at radius 2 is 2.00 bits per heavy atom. The molecule has 2 heterocycles. The van der Waals surface area contributed by atoms with Gasteiger partial charge in [-0.15, -0.1) is 0 Å². The maximum atomic E-state index is 12.5. The zero-order chi connectivity index (χ0) is 18.5. The Balaban J connectivity index is 1.59. The number of rotatable bonds is 5. The summed E-state index contributed by atoms with van der Waals surface area (Å²) in [6.45, 7) is 1.56. The van der Waals surface area contributed by atoms with Gasteiger partial charge in [0, 0.05) is 30.3 Å². The van der Waals surface area contributed by atoms with E-state index in [0.717, 1.165) is 37.9 Å². The van der Waals surface area contributed by atoms with Crippen molar-refractivity contribution in [3.05, 3.63) is 40.6 Å². The molecule has 136 valence electrons. The third-order valence-electron chi connectivity index (χ3n) is 4.41. The zero-order valence-electron chi connectivity index (χ0n) is 14.3. The molecule has 1 N–H and O–H groups in total. The number of carbonyl (C=O) groups is 2. The van der Waals surface area contributed by atoms with Crippen LogP contribution in [0.2, 0.25) is 0 Å². The van der Waals surface area contributed by atoms with Crippen molar-refractivity contribution in [2.24, 2.45) is 5.92 Å². The lowest BCUT2D eigenvalue weighted by atomic mass is 9.95. The van der Waals surface area contributed by atoms with Gasteiger partial charge in [-0.1, -0.05) is 0 Å². The monoisotopic (exact) mass is 418 g/mol. The molecule has 0 radical (unpaired) electrons. The fraction of sp³-hybridized carbons (Fsp3) is 0.333. The molecular formula is C18H19BrN4O3. The number of benzene rings is 1. The van der Waals surface area contributed by atoms with Gasteiger partial charge in [0.05, 0.1) is 13.3 Å². The van der Waals surface area contributed by atoms with Crippen LogP contribution in [0, 0.1) is 5.92 Å². The molecule has 1 aliphatic heterocycles. The van der Waals surface area contributed by atoms with Crippen LogP contribution >= 0.6 is 15.9 Å². The Morgan fingerprint density at radius 3 is 2.62 bits per heavy atom. The van der Waals surface area contributed by atoms with Crippen LogP contribution in [-0.2, 0) is 4.79 Å². The van der Waals surface area contributed by atoms with E-state index in [0.29, 0.717) is 16.0 Å². The van der Waals surface area contributed by atoms with E-state index in [9.17, 15) is 9.59 Å². The summed E-state index contributed by atoms with van der Waals surface area (Å²) in [5.41, 5.74) is 1.72. The molecule has 8 heteroatoms. The Hall–Kier alpha value is -2.48. The van der Waals surface area contributed by atoms with E-state index in [2.05, 4.69) is 36.1 Å². The molecule has 0 aliphatic carbocycles. The van der Waals surface area contributed by atoms with Crippen LogP contribution in [0.15, 0.2) is 35.1 Å². The normalized spacial score (nSPS) is 14.8. The summed E-state index contributed by atoms with van der Waals surface area (Å²) < 4.78 is 5.70. The molecule has 3 rings (SSSR count). The van der Waals surface area contributed by atoms with Crippen molar-refractivity contribution in [3.63, 3.8) is 0 Å². The van der Waals surface area contributed by atoms with Gasteiger partial charge in [-0.25, -0.2) is 9.97 Å². The summed E-state index contributed by atoms with van der Waals surface area (Å²) in [5.74, 6) is 0.444. The molecule has 1 aromatic carbocycles. The SMILES string of the molecule is COc1nc(Br)cnc1NC(=O)C1CCN(c2ccc(C=O)cc2)CC1. The van der Waals surface area contributed by atoms with Crippen LogP contribution in [0.1, 0.15) is 23.2 Å². The van der Waals surface area contributed by atoms with Crippen LogP contribution in [0.4, 0.5) is 11.5 Å². The molecule has 0 unspecified atom stereocenters.